The zero-order valence-electron chi connectivity index (χ0n) is 29.3. The van der Waals surface area contributed by atoms with E-state index in [9.17, 15) is 14.4 Å². The topological polar surface area (TPSA) is 103 Å². The van der Waals surface area contributed by atoms with E-state index in [4.69, 9.17) is 18.9 Å². The van der Waals surface area contributed by atoms with Gasteiger partial charge in [-0.2, -0.15) is 0 Å². The van der Waals surface area contributed by atoms with E-state index in [1.165, 1.54) is 16.0 Å². The lowest BCUT2D eigenvalue weighted by Crippen LogP contribution is -2.45. The summed E-state index contributed by atoms with van der Waals surface area (Å²) in [5, 5.41) is 3.34. The molecule has 257 valence electrons. The third-order valence-electron chi connectivity index (χ3n) is 8.14. The van der Waals surface area contributed by atoms with E-state index < -0.39 is 17.1 Å². The number of carbonyl (C=O) groups excluding carboxylic acids is 3. The van der Waals surface area contributed by atoms with Crippen molar-refractivity contribution in [2.24, 2.45) is 0 Å². The van der Waals surface area contributed by atoms with Crippen LogP contribution in [0, 0.1) is 6.07 Å². The molecule has 1 radical (unpaired) electrons. The van der Waals surface area contributed by atoms with Gasteiger partial charge in [-0.25, -0.2) is 0 Å². The number of carbonyl (C=O) groups is 3. The second-order valence-electron chi connectivity index (χ2n) is 13.7. The van der Waals surface area contributed by atoms with Gasteiger partial charge < -0.3 is 24.3 Å². The van der Waals surface area contributed by atoms with Gasteiger partial charge >= 0.3 is 11.9 Å². The summed E-state index contributed by atoms with van der Waals surface area (Å²) in [7, 11) is 1.58. The fraction of sp³-hybridized carbons (Fsp3) is 0.462. The number of nitrogens with one attached hydrogen (secondary N) is 1. The maximum absolute atomic E-state index is 14.2. The van der Waals surface area contributed by atoms with Crippen molar-refractivity contribution < 1.29 is 33.3 Å². The Labute approximate surface area is 284 Å². The van der Waals surface area contributed by atoms with Crippen molar-refractivity contribution in [1.29, 1.82) is 0 Å². The molecule has 0 aromatic heterocycles. The predicted octanol–water partition coefficient (Wildman–Crippen LogP) is 6.46. The Morgan fingerprint density at radius 1 is 0.958 bits per heavy atom. The summed E-state index contributed by atoms with van der Waals surface area (Å²) < 4.78 is 22.3. The second kappa shape index (κ2) is 16.2. The fourth-order valence-electron chi connectivity index (χ4n) is 5.78. The summed E-state index contributed by atoms with van der Waals surface area (Å²) in [5.74, 6) is 0.241. The summed E-state index contributed by atoms with van der Waals surface area (Å²) in [6, 6.07) is 21.9. The molecule has 0 fully saturated rings. The van der Waals surface area contributed by atoms with Crippen molar-refractivity contribution in [2.45, 2.75) is 84.3 Å². The maximum atomic E-state index is 14.2. The fourth-order valence-corrected chi connectivity index (χ4v) is 5.78. The van der Waals surface area contributed by atoms with Crippen LogP contribution in [-0.4, -0.2) is 62.4 Å². The molecule has 1 N–H and O–H groups in total. The molecule has 1 aliphatic rings. The number of aryl methyl sites for hydroxylation is 1. The Bertz CT molecular complexity index is 1560. The molecule has 0 saturated heterocycles. The zero-order valence-corrected chi connectivity index (χ0v) is 29.3. The molecule has 1 amide bonds. The molecule has 3 aromatic rings. The Balaban J connectivity index is 1.51. The molecular formula is C39H49N2O7. The number of rotatable bonds is 14. The van der Waals surface area contributed by atoms with E-state index in [1.807, 2.05) is 58.9 Å². The molecular weight excluding hydrogens is 608 g/mol. The number of ether oxygens (including phenoxy) is 4. The van der Waals surface area contributed by atoms with Gasteiger partial charge in [0.1, 0.15) is 30.3 Å². The lowest BCUT2D eigenvalue weighted by Gasteiger charge is -2.31. The number of methoxy groups -OCH3 is 1. The highest BCUT2D eigenvalue weighted by molar-refractivity contribution is 6.09. The van der Waals surface area contributed by atoms with E-state index in [1.54, 1.807) is 38.3 Å². The summed E-state index contributed by atoms with van der Waals surface area (Å²) in [6.07, 6.45) is 2.89. The van der Waals surface area contributed by atoms with Crippen molar-refractivity contribution in [3.05, 3.63) is 89.0 Å². The van der Waals surface area contributed by atoms with Crippen LogP contribution in [0.3, 0.4) is 0 Å². The first-order chi connectivity index (χ1) is 22.8. The average Bonchev–Trinajstić information content (AvgIpc) is 3.05. The predicted molar refractivity (Wildman–Crippen MR) is 186 cm³/mol. The van der Waals surface area contributed by atoms with Crippen LogP contribution in [-0.2, 0) is 31.9 Å². The minimum atomic E-state index is -0.517. The van der Waals surface area contributed by atoms with Crippen LogP contribution in [0.4, 0.5) is 5.69 Å². The molecule has 0 heterocycles. The molecule has 0 aliphatic heterocycles. The lowest BCUT2D eigenvalue weighted by atomic mass is 9.79. The first-order valence-electron chi connectivity index (χ1n) is 16.6. The first-order valence-corrected chi connectivity index (χ1v) is 16.6. The quantitative estimate of drug-likeness (QED) is 0.197. The van der Waals surface area contributed by atoms with Crippen LogP contribution in [0.1, 0.15) is 87.4 Å². The lowest BCUT2D eigenvalue weighted by molar-refractivity contribution is -0.154. The van der Waals surface area contributed by atoms with Crippen LogP contribution < -0.4 is 19.7 Å². The number of fused-ring (bicyclic) bond motifs is 1. The molecule has 1 atom stereocenters. The highest BCUT2D eigenvalue weighted by Gasteiger charge is 2.29. The number of nitrogens with zero attached hydrogens (tertiary/aromatic N) is 1. The van der Waals surface area contributed by atoms with E-state index >= 15 is 0 Å². The van der Waals surface area contributed by atoms with Crippen molar-refractivity contribution in [1.82, 2.24) is 5.32 Å². The van der Waals surface area contributed by atoms with Crippen LogP contribution in [0.25, 0.3) is 0 Å². The Kier molecular flexibility index (Phi) is 12.3. The minimum Gasteiger partial charge on any atom is -0.497 e. The third kappa shape index (κ3) is 10.3. The van der Waals surface area contributed by atoms with Gasteiger partial charge in [0, 0.05) is 23.7 Å². The van der Waals surface area contributed by atoms with E-state index in [0.29, 0.717) is 35.9 Å². The number of amides is 1. The molecule has 0 unspecified atom stereocenters. The van der Waals surface area contributed by atoms with Gasteiger partial charge in [-0.05, 0) is 120 Å². The van der Waals surface area contributed by atoms with Crippen molar-refractivity contribution >= 4 is 23.5 Å². The Morgan fingerprint density at radius 2 is 1.69 bits per heavy atom. The molecule has 9 nitrogen and oxygen atoms in total. The third-order valence-corrected chi connectivity index (χ3v) is 8.14. The van der Waals surface area contributed by atoms with Gasteiger partial charge in [0.05, 0.1) is 25.8 Å². The van der Waals surface area contributed by atoms with Crippen LogP contribution in [0.2, 0.25) is 0 Å². The highest BCUT2D eigenvalue weighted by atomic mass is 16.6. The largest absolute Gasteiger partial charge is 0.497 e. The Hall–Kier alpha value is -4.37. The number of esters is 2. The first kappa shape index (κ1) is 36.5. The SMILES string of the molecule is CCOC(=O)CN(C(=O)c1ccc(OCC(C)(C)NCCC(=O)OC(C)(C)C)cc1)c1cc(OC)ccc1[C@@H]1CCc2c[c]ccc2C1. The summed E-state index contributed by atoms with van der Waals surface area (Å²) >= 11 is 0. The molecule has 4 rings (SSSR count). The van der Waals surface area contributed by atoms with E-state index in [2.05, 4.69) is 23.5 Å². The minimum absolute atomic E-state index is 0.148. The summed E-state index contributed by atoms with van der Waals surface area (Å²) in [6.45, 7) is 12.0. The van der Waals surface area contributed by atoms with Crippen molar-refractivity contribution in [3.63, 3.8) is 0 Å². The monoisotopic (exact) mass is 657 g/mol. The van der Waals surface area contributed by atoms with Gasteiger partial charge in [0.15, 0.2) is 0 Å². The summed E-state index contributed by atoms with van der Waals surface area (Å²) in [5.41, 5.74) is 3.64. The molecule has 9 heteroatoms. The maximum Gasteiger partial charge on any atom is 0.326 e. The standard InChI is InChI=1S/C39H49N2O7/c1-8-46-36(43)25-41(34-24-32(45-7)19-20-33(34)30-14-13-27-11-9-10-12-29(27)23-30)37(44)28-15-17-31(18-16-28)47-26-39(5,6)40-22-21-35(42)48-38(2,3)4/h10-12,15-20,24,30,40H,8,13-14,21-23,25-26H2,1-7H3/t30-/m1/s1. The van der Waals surface area contributed by atoms with Crippen molar-refractivity contribution in [3.8, 4) is 11.5 Å². The number of hydrogen-bond donors (Lipinski definition) is 1. The summed E-state index contributed by atoms with van der Waals surface area (Å²) in [4.78, 5) is 40.6. The van der Waals surface area contributed by atoms with Crippen LogP contribution in [0.15, 0.2) is 60.7 Å². The van der Waals surface area contributed by atoms with Gasteiger partial charge in [-0.15, -0.1) is 0 Å². The number of anilines is 1. The Morgan fingerprint density at radius 3 is 2.38 bits per heavy atom. The molecule has 48 heavy (non-hydrogen) atoms. The van der Waals surface area contributed by atoms with Gasteiger partial charge in [-0.3, -0.25) is 19.3 Å². The molecule has 0 spiro atoms. The molecule has 3 aromatic carbocycles. The van der Waals surface area contributed by atoms with E-state index in [-0.39, 0.29) is 37.4 Å². The zero-order chi connectivity index (χ0) is 34.9. The molecule has 0 bridgehead atoms. The highest BCUT2D eigenvalue weighted by Crippen LogP contribution is 2.39. The second-order valence-corrected chi connectivity index (χ2v) is 13.7. The number of hydrogen-bond acceptors (Lipinski definition) is 8. The van der Waals surface area contributed by atoms with Gasteiger partial charge in [-0.1, -0.05) is 24.3 Å². The molecule has 1 aliphatic carbocycles. The normalized spacial score (nSPS) is 14.4. The van der Waals surface area contributed by atoms with Gasteiger partial charge in [0.2, 0.25) is 0 Å². The van der Waals surface area contributed by atoms with Crippen LogP contribution >= 0.6 is 0 Å². The molecule has 0 saturated carbocycles. The smallest absolute Gasteiger partial charge is 0.326 e. The van der Waals surface area contributed by atoms with Crippen molar-refractivity contribution in [2.75, 3.05) is 38.3 Å². The van der Waals surface area contributed by atoms with Crippen LogP contribution in [0.5, 0.6) is 11.5 Å². The average molecular weight is 658 g/mol. The van der Waals surface area contributed by atoms with Gasteiger partial charge in [0.25, 0.3) is 5.91 Å². The number of benzene rings is 3. The van der Waals surface area contributed by atoms with E-state index in [0.717, 1.165) is 24.8 Å².